The molecular weight excluding hydrogens is 232 g/mol. The average molecular weight is 242 g/mol. The van der Waals surface area contributed by atoms with Crippen molar-refractivity contribution >= 4 is 16.8 Å². The fourth-order valence-corrected chi connectivity index (χ4v) is 1.68. The number of aromatic nitrogens is 3. The van der Waals surface area contributed by atoms with Crippen LogP contribution in [0.1, 0.15) is 5.69 Å². The topological polar surface area (TPSA) is 83.8 Å². The number of H-pyrrole nitrogens is 1. The highest BCUT2D eigenvalue weighted by atomic mass is 16.4. The van der Waals surface area contributed by atoms with Gasteiger partial charge in [0.05, 0.1) is 24.0 Å². The second-order valence-electron chi connectivity index (χ2n) is 3.78. The van der Waals surface area contributed by atoms with Crippen LogP contribution in [0.2, 0.25) is 0 Å². The summed E-state index contributed by atoms with van der Waals surface area (Å²) in [5, 5.41) is 3.20. The number of fused-ring (bicyclic) bond motifs is 1. The van der Waals surface area contributed by atoms with E-state index >= 15 is 0 Å². The molecule has 2 heterocycles. The summed E-state index contributed by atoms with van der Waals surface area (Å²) in [7, 11) is 0. The van der Waals surface area contributed by atoms with E-state index in [1.165, 1.54) is 0 Å². The summed E-state index contributed by atoms with van der Waals surface area (Å²) in [5.41, 5.74) is 2.94. The third-order valence-corrected chi connectivity index (χ3v) is 2.51. The van der Waals surface area contributed by atoms with Crippen molar-refractivity contribution in [3.05, 3.63) is 53.0 Å². The molecule has 6 nitrogen and oxygen atoms in total. The molecule has 6 heteroatoms. The molecule has 0 amide bonds. The second kappa shape index (κ2) is 4.33. The fourth-order valence-electron chi connectivity index (χ4n) is 1.68. The molecule has 0 atom stereocenters. The number of nitrogens with zero attached hydrogens (tertiary/aromatic N) is 2. The third kappa shape index (κ3) is 2.08. The molecule has 0 saturated heterocycles. The Morgan fingerprint density at radius 2 is 2.28 bits per heavy atom. The first-order valence-corrected chi connectivity index (χ1v) is 5.43. The summed E-state index contributed by atoms with van der Waals surface area (Å²) in [6, 6.07) is 5.40. The molecule has 0 bridgehead atoms. The first-order valence-electron chi connectivity index (χ1n) is 5.43. The molecule has 18 heavy (non-hydrogen) atoms. The van der Waals surface area contributed by atoms with E-state index in [-0.39, 0.29) is 0 Å². The van der Waals surface area contributed by atoms with Crippen molar-refractivity contribution in [2.75, 3.05) is 5.32 Å². The van der Waals surface area contributed by atoms with Crippen LogP contribution in [-0.2, 0) is 6.54 Å². The van der Waals surface area contributed by atoms with Crippen LogP contribution >= 0.6 is 0 Å². The van der Waals surface area contributed by atoms with Crippen LogP contribution in [0.25, 0.3) is 11.1 Å². The molecule has 0 fully saturated rings. The zero-order valence-corrected chi connectivity index (χ0v) is 9.38. The molecule has 0 unspecified atom stereocenters. The summed E-state index contributed by atoms with van der Waals surface area (Å²) in [4.78, 5) is 21.8. The molecular formula is C12H10N4O2. The summed E-state index contributed by atoms with van der Waals surface area (Å²) < 4.78 is 4.92. The third-order valence-electron chi connectivity index (χ3n) is 2.51. The maximum atomic E-state index is 11.0. The number of hydrogen-bond donors (Lipinski definition) is 2. The summed E-state index contributed by atoms with van der Waals surface area (Å²) in [5.74, 6) is -0.448. The Morgan fingerprint density at radius 1 is 1.33 bits per heavy atom. The van der Waals surface area contributed by atoms with Gasteiger partial charge in [-0.05, 0) is 18.2 Å². The predicted octanol–water partition coefficient (Wildman–Crippen LogP) is 1.52. The fraction of sp³-hybridized carbons (Fsp3) is 0.0833. The van der Waals surface area contributed by atoms with Gasteiger partial charge in [0, 0.05) is 18.1 Å². The number of nitrogens with one attached hydrogen (secondary N) is 2. The van der Waals surface area contributed by atoms with Gasteiger partial charge in [0.1, 0.15) is 0 Å². The van der Waals surface area contributed by atoms with E-state index in [0.29, 0.717) is 17.6 Å². The highest BCUT2D eigenvalue weighted by Crippen LogP contribution is 2.16. The number of oxazole rings is 1. The minimum atomic E-state index is -0.448. The largest absolute Gasteiger partial charge is 0.417 e. The lowest BCUT2D eigenvalue weighted by Crippen LogP contribution is -2.01. The molecule has 3 rings (SSSR count). The molecule has 0 radical (unpaired) electrons. The molecule has 2 aromatic heterocycles. The Bertz CT molecular complexity index is 718. The van der Waals surface area contributed by atoms with E-state index in [1.807, 2.05) is 12.1 Å². The molecule has 2 N–H and O–H groups in total. The number of anilines is 1. The van der Waals surface area contributed by atoms with Gasteiger partial charge in [-0.15, -0.1) is 0 Å². The number of rotatable bonds is 3. The maximum absolute atomic E-state index is 11.0. The Kier molecular flexibility index (Phi) is 2.53. The van der Waals surface area contributed by atoms with E-state index in [9.17, 15) is 4.79 Å². The zero-order chi connectivity index (χ0) is 12.4. The molecule has 0 saturated carbocycles. The predicted molar refractivity (Wildman–Crippen MR) is 66.2 cm³/mol. The highest BCUT2D eigenvalue weighted by molar-refractivity contribution is 5.76. The molecule has 0 spiro atoms. The lowest BCUT2D eigenvalue weighted by Gasteiger charge is -2.04. The van der Waals surface area contributed by atoms with Crippen LogP contribution in [0.15, 0.2) is 46.0 Å². The average Bonchev–Trinajstić information content (AvgIpc) is 2.77. The lowest BCUT2D eigenvalue weighted by atomic mass is 10.3. The van der Waals surface area contributed by atoms with Gasteiger partial charge in [-0.1, -0.05) is 0 Å². The first-order chi connectivity index (χ1) is 8.81. The molecule has 0 aliphatic carbocycles. The van der Waals surface area contributed by atoms with Crippen molar-refractivity contribution < 1.29 is 4.42 Å². The van der Waals surface area contributed by atoms with Gasteiger partial charge in [0.15, 0.2) is 5.58 Å². The number of benzene rings is 1. The first kappa shape index (κ1) is 10.5. The SMILES string of the molecule is O=c1[nH]c2cc(NCc3cnccn3)ccc2o1. The van der Waals surface area contributed by atoms with Gasteiger partial charge in [-0.3, -0.25) is 15.0 Å². The van der Waals surface area contributed by atoms with Crippen LogP contribution in [0.4, 0.5) is 5.69 Å². The minimum Gasteiger partial charge on any atom is -0.408 e. The van der Waals surface area contributed by atoms with Gasteiger partial charge < -0.3 is 9.73 Å². The number of aromatic amines is 1. The standard InChI is InChI=1S/C12H10N4O2/c17-12-16-10-5-8(1-2-11(10)18-12)15-7-9-6-13-3-4-14-9/h1-6,15H,7H2,(H,16,17). The molecule has 1 aromatic carbocycles. The van der Waals surface area contributed by atoms with Crippen molar-refractivity contribution in [3.63, 3.8) is 0 Å². The van der Waals surface area contributed by atoms with E-state index in [4.69, 9.17) is 4.42 Å². The number of hydrogen-bond acceptors (Lipinski definition) is 5. The van der Waals surface area contributed by atoms with Crippen molar-refractivity contribution in [2.24, 2.45) is 0 Å². The van der Waals surface area contributed by atoms with Crippen molar-refractivity contribution in [1.82, 2.24) is 15.0 Å². The highest BCUT2D eigenvalue weighted by Gasteiger charge is 2.02. The van der Waals surface area contributed by atoms with Crippen molar-refractivity contribution in [2.45, 2.75) is 6.54 Å². The quantitative estimate of drug-likeness (QED) is 0.727. The van der Waals surface area contributed by atoms with Gasteiger partial charge in [-0.2, -0.15) is 0 Å². The van der Waals surface area contributed by atoms with Gasteiger partial charge >= 0.3 is 5.76 Å². The Labute approximate surface area is 102 Å². The molecule has 90 valence electrons. The normalized spacial score (nSPS) is 10.7. The summed E-state index contributed by atoms with van der Waals surface area (Å²) >= 11 is 0. The van der Waals surface area contributed by atoms with Crippen LogP contribution in [0.3, 0.4) is 0 Å². The Morgan fingerprint density at radius 3 is 3.11 bits per heavy atom. The van der Waals surface area contributed by atoms with Crippen molar-refractivity contribution in [3.8, 4) is 0 Å². The monoisotopic (exact) mass is 242 g/mol. The minimum absolute atomic E-state index is 0.448. The van der Waals surface area contributed by atoms with E-state index in [1.54, 1.807) is 24.7 Å². The van der Waals surface area contributed by atoms with E-state index < -0.39 is 5.76 Å². The molecule has 0 aliphatic rings. The zero-order valence-electron chi connectivity index (χ0n) is 9.38. The van der Waals surface area contributed by atoms with Gasteiger partial charge in [-0.25, -0.2) is 4.79 Å². The summed E-state index contributed by atoms with van der Waals surface area (Å²) in [6.07, 6.45) is 4.98. The lowest BCUT2D eigenvalue weighted by molar-refractivity contribution is 0.555. The Balaban J connectivity index is 1.80. The van der Waals surface area contributed by atoms with Crippen LogP contribution in [-0.4, -0.2) is 15.0 Å². The molecule has 3 aromatic rings. The van der Waals surface area contributed by atoms with E-state index in [2.05, 4.69) is 20.3 Å². The van der Waals surface area contributed by atoms with Gasteiger partial charge in [0.25, 0.3) is 0 Å². The summed E-state index contributed by atoms with van der Waals surface area (Å²) in [6.45, 7) is 0.571. The van der Waals surface area contributed by atoms with Gasteiger partial charge in [0.2, 0.25) is 0 Å². The van der Waals surface area contributed by atoms with Crippen LogP contribution in [0.5, 0.6) is 0 Å². The molecule has 0 aliphatic heterocycles. The smallest absolute Gasteiger partial charge is 0.408 e. The van der Waals surface area contributed by atoms with Crippen molar-refractivity contribution in [1.29, 1.82) is 0 Å². The Hall–Kier alpha value is -2.63. The maximum Gasteiger partial charge on any atom is 0.417 e. The van der Waals surface area contributed by atoms with Crippen LogP contribution in [0, 0.1) is 0 Å². The van der Waals surface area contributed by atoms with Crippen LogP contribution < -0.4 is 11.1 Å². The van der Waals surface area contributed by atoms with E-state index in [0.717, 1.165) is 11.4 Å². The second-order valence-corrected chi connectivity index (χ2v) is 3.78.